The van der Waals surface area contributed by atoms with Gasteiger partial charge >= 0.3 is 0 Å². The van der Waals surface area contributed by atoms with Gasteiger partial charge in [-0.2, -0.15) is 0 Å². The summed E-state index contributed by atoms with van der Waals surface area (Å²) in [5.74, 6) is -0.103. The third-order valence-corrected chi connectivity index (χ3v) is 6.75. The lowest BCUT2D eigenvalue weighted by atomic mass is 10.3. The van der Waals surface area contributed by atoms with E-state index in [0.717, 1.165) is 0 Å². The average Bonchev–Trinajstić information content (AvgIpc) is 2.72. The summed E-state index contributed by atoms with van der Waals surface area (Å²) in [4.78, 5) is 12.0. The van der Waals surface area contributed by atoms with E-state index in [0.29, 0.717) is 26.5 Å². The van der Waals surface area contributed by atoms with Crippen LogP contribution < -0.4 is 14.8 Å². The number of anilines is 2. The van der Waals surface area contributed by atoms with E-state index in [-0.39, 0.29) is 22.2 Å². The second-order valence-corrected chi connectivity index (χ2v) is 9.48. The van der Waals surface area contributed by atoms with Gasteiger partial charge < -0.3 is 10.1 Å². The van der Waals surface area contributed by atoms with Gasteiger partial charge in [0, 0.05) is 5.69 Å². The highest BCUT2D eigenvalue weighted by Gasteiger charge is 2.15. The average molecular weight is 520 g/mol. The number of carbonyl (C=O) groups excluding carboxylic acids is 1. The number of rotatable bonds is 7. The third-order valence-electron chi connectivity index (χ3n) is 3.88. The second-order valence-electron chi connectivity index (χ2n) is 6.17. The van der Waals surface area contributed by atoms with Crippen molar-refractivity contribution in [2.45, 2.75) is 4.90 Å². The highest BCUT2D eigenvalue weighted by molar-refractivity contribution is 7.92. The first-order valence-electron chi connectivity index (χ1n) is 8.60. The number of benzene rings is 3. The minimum atomic E-state index is -3.85. The molecule has 0 aliphatic rings. The first kappa shape index (κ1) is 23.5. The van der Waals surface area contributed by atoms with Crippen LogP contribution in [0.25, 0.3) is 0 Å². The van der Waals surface area contributed by atoms with Crippen molar-refractivity contribution in [3.63, 3.8) is 0 Å². The van der Waals surface area contributed by atoms with E-state index >= 15 is 0 Å². The molecule has 0 unspecified atom stereocenters. The molecule has 31 heavy (non-hydrogen) atoms. The van der Waals surface area contributed by atoms with Crippen LogP contribution in [0.4, 0.5) is 11.4 Å². The molecule has 0 aliphatic carbocycles. The summed E-state index contributed by atoms with van der Waals surface area (Å²) < 4.78 is 32.8. The highest BCUT2D eigenvalue weighted by Crippen LogP contribution is 2.27. The Labute approximate surface area is 199 Å². The molecule has 6 nitrogen and oxygen atoms in total. The molecule has 162 valence electrons. The van der Waals surface area contributed by atoms with Gasteiger partial charge in [0.2, 0.25) is 0 Å². The van der Waals surface area contributed by atoms with Crippen LogP contribution in [0.5, 0.6) is 5.75 Å². The van der Waals surface area contributed by atoms with Gasteiger partial charge in [0.25, 0.3) is 15.9 Å². The van der Waals surface area contributed by atoms with E-state index in [9.17, 15) is 13.2 Å². The minimum absolute atomic E-state index is 0.00572. The van der Waals surface area contributed by atoms with Crippen molar-refractivity contribution in [3.8, 4) is 5.75 Å². The Morgan fingerprint density at radius 2 is 1.32 bits per heavy atom. The van der Waals surface area contributed by atoms with Gasteiger partial charge in [0.1, 0.15) is 5.75 Å². The fourth-order valence-corrected chi connectivity index (χ4v) is 4.05. The lowest BCUT2D eigenvalue weighted by molar-refractivity contribution is -0.118. The summed E-state index contributed by atoms with van der Waals surface area (Å²) in [6.07, 6.45) is 0. The van der Waals surface area contributed by atoms with Crippen LogP contribution in [-0.2, 0) is 14.8 Å². The number of nitrogens with one attached hydrogen (secondary N) is 2. The van der Waals surface area contributed by atoms with Gasteiger partial charge in [-0.05, 0) is 60.7 Å². The van der Waals surface area contributed by atoms with Gasteiger partial charge in [-0.1, -0.05) is 46.4 Å². The molecule has 11 heteroatoms. The maximum absolute atomic E-state index is 12.5. The Bertz CT molecular complexity index is 1220. The Morgan fingerprint density at radius 1 is 0.774 bits per heavy atom. The molecule has 0 aliphatic heterocycles. The molecule has 3 aromatic carbocycles. The standard InChI is InChI=1S/C20H14Cl4N2O4S/c21-16-7-1-12(9-18(16)23)25-20(27)11-30-14-3-5-15(6-4-14)31(28,29)26-13-2-8-17(22)19(24)10-13/h1-10,26H,11H2,(H,25,27). The summed E-state index contributed by atoms with van der Waals surface area (Å²) in [7, 11) is -3.85. The fourth-order valence-electron chi connectivity index (χ4n) is 2.41. The second kappa shape index (κ2) is 9.97. The van der Waals surface area contributed by atoms with Gasteiger partial charge in [-0.3, -0.25) is 9.52 Å². The van der Waals surface area contributed by atoms with E-state index in [1.807, 2.05) is 0 Å². The van der Waals surface area contributed by atoms with Gasteiger partial charge in [-0.15, -0.1) is 0 Å². The van der Waals surface area contributed by atoms with Crippen molar-refractivity contribution < 1.29 is 17.9 Å². The highest BCUT2D eigenvalue weighted by atomic mass is 35.5. The molecule has 0 bridgehead atoms. The number of hydrogen-bond acceptors (Lipinski definition) is 4. The zero-order valence-electron chi connectivity index (χ0n) is 15.5. The SMILES string of the molecule is O=C(COc1ccc(S(=O)(=O)Nc2ccc(Cl)c(Cl)c2)cc1)Nc1ccc(Cl)c(Cl)c1. The van der Waals surface area contributed by atoms with E-state index < -0.39 is 15.9 Å². The van der Waals surface area contributed by atoms with Crippen molar-refractivity contribution in [2.75, 3.05) is 16.6 Å². The minimum Gasteiger partial charge on any atom is -0.484 e. The van der Waals surface area contributed by atoms with Crippen molar-refractivity contribution in [1.82, 2.24) is 0 Å². The van der Waals surface area contributed by atoms with E-state index in [1.165, 1.54) is 48.5 Å². The van der Waals surface area contributed by atoms with E-state index in [4.69, 9.17) is 51.1 Å². The number of ether oxygens (including phenoxy) is 1. The van der Waals surface area contributed by atoms with Crippen LogP contribution in [0.3, 0.4) is 0 Å². The quantitative estimate of drug-likeness (QED) is 0.394. The fraction of sp³-hybridized carbons (Fsp3) is 0.0500. The molecule has 2 N–H and O–H groups in total. The summed E-state index contributed by atoms with van der Waals surface area (Å²) in [6, 6.07) is 14.7. The Hall–Kier alpha value is -2.16. The maximum atomic E-state index is 12.5. The summed E-state index contributed by atoms with van der Waals surface area (Å²) >= 11 is 23.5. The molecule has 0 radical (unpaired) electrons. The van der Waals surface area contributed by atoms with Crippen molar-refractivity contribution in [3.05, 3.63) is 80.8 Å². The molecule has 0 fully saturated rings. The zero-order valence-corrected chi connectivity index (χ0v) is 19.4. The van der Waals surface area contributed by atoms with Crippen molar-refractivity contribution in [1.29, 1.82) is 0 Å². The largest absolute Gasteiger partial charge is 0.484 e. The van der Waals surface area contributed by atoms with Crippen LogP contribution in [0, 0.1) is 0 Å². The first-order chi connectivity index (χ1) is 14.6. The van der Waals surface area contributed by atoms with E-state index in [2.05, 4.69) is 10.0 Å². The molecule has 3 aromatic rings. The van der Waals surface area contributed by atoms with Crippen LogP contribution in [0.15, 0.2) is 65.6 Å². The molecule has 0 atom stereocenters. The van der Waals surface area contributed by atoms with Gasteiger partial charge in [0.15, 0.2) is 6.61 Å². The first-order valence-corrected chi connectivity index (χ1v) is 11.6. The van der Waals surface area contributed by atoms with Crippen LogP contribution in [-0.4, -0.2) is 20.9 Å². The summed E-state index contributed by atoms with van der Waals surface area (Å²) in [6.45, 7) is -0.284. The number of amides is 1. The van der Waals surface area contributed by atoms with E-state index in [1.54, 1.807) is 12.1 Å². The monoisotopic (exact) mass is 518 g/mol. The normalized spacial score (nSPS) is 11.1. The summed E-state index contributed by atoms with van der Waals surface area (Å²) in [5, 5.41) is 3.85. The summed E-state index contributed by atoms with van der Waals surface area (Å²) in [5.41, 5.74) is 0.742. The van der Waals surface area contributed by atoms with Gasteiger partial charge in [-0.25, -0.2) is 8.42 Å². The molecule has 1 amide bonds. The number of hydrogen-bond donors (Lipinski definition) is 2. The Balaban J connectivity index is 1.59. The number of halogens is 4. The smallest absolute Gasteiger partial charge is 0.262 e. The van der Waals surface area contributed by atoms with Crippen LogP contribution >= 0.6 is 46.4 Å². The van der Waals surface area contributed by atoms with Crippen LogP contribution in [0.2, 0.25) is 20.1 Å². The van der Waals surface area contributed by atoms with Crippen LogP contribution in [0.1, 0.15) is 0 Å². The molecule has 3 rings (SSSR count). The lowest BCUT2D eigenvalue weighted by Gasteiger charge is -2.11. The lowest BCUT2D eigenvalue weighted by Crippen LogP contribution is -2.20. The predicted molar refractivity (Wildman–Crippen MR) is 124 cm³/mol. The molecule has 0 spiro atoms. The Morgan fingerprint density at radius 3 is 1.90 bits per heavy atom. The number of sulfonamides is 1. The molecular formula is C20H14Cl4N2O4S. The van der Waals surface area contributed by atoms with Gasteiger partial charge in [0.05, 0.1) is 30.7 Å². The van der Waals surface area contributed by atoms with Crippen molar-refractivity contribution in [2.24, 2.45) is 0 Å². The maximum Gasteiger partial charge on any atom is 0.262 e. The molecule has 0 saturated heterocycles. The number of carbonyl (C=O) groups is 1. The molecule has 0 saturated carbocycles. The van der Waals surface area contributed by atoms with Crippen molar-refractivity contribution >= 4 is 73.7 Å². The molecule has 0 aromatic heterocycles. The topological polar surface area (TPSA) is 84.5 Å². The zero-order chi connectivity index (χ0) is 22.6. The Kier molecular flexibility index (Phi) is 7.56. The predicted octanol–water partition coefficient (Wildman–Crippen LogP) is 6.12. The molecule has 0 heterocycles. The molecular weight excluding hydrogens is 506 g/mol. The third kappa shape index (κ3) is 6.41.